The Hall–Kier alpha value is -0.0900. The quantitative estimate of drug-likeness (QED) is 0.921. The van der Waals surface area contributed by atoms with Gasteiger partial charge in [0.15, 0.2) is 0 Å². The lowest BCUT2D eigenvalue weighted by Crippen LogP contribution is -2.44. The molecule has 88 valence electrons. The maximum absolute atomic E-state index is 6.03. The number of rotatable bonds is 4. The Morgan fingerprint density at radius 2 is 2.25 bits per heavy atom. The summed E-state index contributed by atoms with van der Waals surface area (Å²) in [6.07, 6.45) is 2.67. The highest BCUT2D eigenvalue weighted by atomic mass is 79.9. The molecule has 0 unspecified atom stereocenters. The summed E-state index contributed by atoms with van der Waals surface area (Å²) in [5.41, 5.74) is 1.22. The average Bonchev–Trinajstić information content (AvgIpc) is 2.21. The third kappa shape index (κ3) is 2.98. The van der Waals surface area contributed by atoms with Crippen molar-refractivity contribution in [2.24, 2.45) is 0 Å². The van der Waals surface area contributed by atoms with Crippen molar-refractivity contribution in [3.63, 3.8) is 0 Å². The van der Waals surface area contributed by atoms with Crippen LogP contribution in [-0.4, -0.2) is 19.3 Å². The summed E-state index contributed by atoms with van der Waals surface area (Å²) in [6, 6.07) is 6.64. The van der Waals surface area contributed by atoms with Crippen LogP contribution in [0.4, 0.5) is 0 Å². The molecule has 0 spiro atoms. The van der Waals surface area contributed by atoms with Crippen molar-refractivity contribution in [1.82, 2.24) is 5.32 Å². The van der Waals surface area contributed by atoms with Crippen LogP contribution in [-0.2, 0) is 11.3 Å². The first kappa shape index (κ1) is 12.4. The minimum Gasteiger partial charge on any atom is -0.381 e. The maximum Gasteiger partial charge on any atom is 0.0601 e. The van der Waals surface area contributed by atoms with E-state index in [2.05, 4.69) is 27.3 Å². The molecule has 0 aliphatic heterocycles. The summed E-state index contributed by atoms with van der Waals surface area (Å²) < 4.78 is 6.18. The fourth-order valence-electron chi connectivity index (χ4n) is 1.84. The van der Waals surface area contributed by atoms with Crippen molar-refractivity contribution < 1.29 is 4.74 Å². The maximum atomic E-state index is 6.03. The van der Waals surface area contributed by atoms with Crippen LogP contribution in [0, 0.1) is 0 Å². The third-order valence-corrected chi connectivity index (χ3v) is 4.24. The van der Waals surface area contributed by atoms with E-state index >= 15 is 0 Å². The van der Waals surface area contributed by atoms with Crippen LogP contribution in [0.3, 0.4) is 0 Å². The summed E-state index contributed by atoms with van der Waals surface area (Å²) in [6.45, 7) is 0.869. The summed E-state index contributed by atoms with van der Waals surface area (Å²) >= 11 is 9.41. The number of hydrogen-bond donors (Lipinski definition) is 1. The van der Waals surface area contributed by atoms with Crippen molar-refractivity contribution in [3.05, 3.63) is 33.3 Å². The van der Waals surface area contributed by atoms with Gasteiger partial charge in [-0.1, -0.05) is 17.7 Å². The Labute approximate surface area is 109 Å². The van der Waals surface area contributed by atoms with E-state index in [-0.39, 0.29) is 0 Å². The van der Waals surface area contributed by atoms with Crippen LogP contribution in [0.25, 0.3) is 0 Å². The lowest BCUT2D eigenvalue weighted by atomic mass is 9.89. The molecule has 0 amide bonds. The van der Waals surface area contributed by atoms with Gasteiger partial charge in [0.05, 0.1) is 11.1 Å². The molecule has 1 saturated carbocycles. The number of benzene rings is 1. The predicted molar refractivity (Wildman–Crippen MR) is 69.8 cm³/mol. The molecule has 1 aromatic rings. The average molecular weight is 305 g/mol. The Balaban J connectivity index is 1.80. The van der Waals surface area contributed by atoms with Crippen molar-refractivity contribution >= 4 is 27.5 Å². The summed E-state index contributed by atoms with van der Waals surface area (Å²) in [5.74, 6) is 0. The van der Waals surface area contributed by atoms with Gasteiger partial charge in [0.2, 0.25) is 0 Å². The summed E-state index contributed by atoms with van der Waals surface area (Å²) in [4.78, 5) is 0. The summed E-state index contributed by atoms with van der Waals surface area (Å²) in [7, 11) is 1.77. The van der Waals surface area contributed by atoms with E-state index < -0.39 is 0 Å². The van der Waals surface area contributed by atoms with Gasteiger partial charge in [0.25, 0.3) is 0 Å². The molecule has 2 rings (SSSR count). The normalized spacial score (nSPS) is 24.2. The molecule has 1 N–H and O–H groups in total. The highest BCUT2D eigenvalue weighted by molar-refractivity contribution is 9.10. The molecule has 1 aliphatic carbocycles. The molecule has 2 nitrogen and oxygen atoms in total. The molecule has 0 atom stereocenters. The topological polar surface area (TPSA) is 21.3 Å². The fraction of sp³-hybridized carbons (Fsp3) is 0.500. The molecular formula is C12H15BrClNO. The van der Waals surface area contributed by atoms with E-state index in [4.69, 9.17) is 16.3 Å². The second-order valence-electron chi connectivity index (χ2n) is 4.16. The van der Waals surface area contributed by atoms with Gasteiger partial charge < -0.3 is 10.1 Å². The van der Waals surface area contributed by atoms with Crippen molar-refractivity contribution in [1.29, 1.82) is 0 Å². The van der Waals surface area contributed by atoms with E-state index in [1.165, 1.54) is 5.56 Å². The van der Waals surface area contributed by atoms with E-state index in [0.717, 1.165) is 28.9 Å². The molecular weight excluding hydrogens is 289 g/mol. The lowest BCUT2D eigenvalue weighted by molar-refractivity contribution is 0.0170. The van der Waals surface area contributed by atoms with Gasteiger partial charge in [-0.05, 0) is 46.5 Å². The number of nitrogens with one attached hydrogen (secondary N) is 1. The molecule has 1 aromatic carbocycles. The van der Waals surface area contributed by atoms with Crippen molar-refractivity contribution in [2.75, 3.05) is 7.11 Å². The minimum atomic E-state index is 0.450. The van der Waals surface area contributed by atoms with Gasteiger partial charge in [-0.25, -0.2) is 0 Å². The lowest BCUT2D eigenvalue weighted by Gasteiger charge is -2.34. The Morgan fingerprint density at radius 3 is 2.88 bits per heavy atom. The zero-order valence-corrected chi connectivity index (χ0v) is 11.5. The first-order valence-corrected chi connectivity index (χ1v) is 6.56. The van der Waals surface area contributed by atoms with Crippen LogP contribution in [0.1, 0.15) is 18.4 Å². The standard InChI is InChI=1S/C12H15BrClNO/c1-16-10-5-9(6-10)15-7-8-2-3-11(13)12(14)4-8/h2-4,9-10,15H,5-7H2,1H3. The Kier molecular flexibility index (Phi) is 4.25. The van der Waals surface area contributed by atoms with E-state index in [1.807, 2.05) is 12.1 Å². The minimum absolute atomic E-state index is 0.450. The van der Waals surface area contributed by atoms with Gasteiger partial charge >= 0.3 is 0 Å². The molecule has 0 aromatic heterocycles. The van der Waals surface area contributed by atoms with E-state index in [0.29, 0.717) is 12.1 Å². The molecule has 0 heterocycles. The second kappa shape index (κ2) is 5.50. The smallest absolute Gasteiger partial charge is 0.0601 e. The van der Waals surface area contributed by atoms with Crippen molar-refractivity contribution in [3.8, 4) is 0 Å². The molecule has 0 bridgehead atoms. The summed E-state index contributed by atoms with van der Waals surface area (Å²) in [5, 5.41) is 4.26. The second-order valence-corrected chi connectivity index (χ2v) is 5.42. The monoisotopic (exact) mass is 303 g/mol. The first-order chi connectivity index (χ1) is 7.69. The van der Waals surface area contributed by atoms with Crippen molar-refractivity contribution in [2.45, 2.75) is 31.5 Å². The van der Waals surface area contributed by atoms with Crippen LogP contribution < -0.4 is 5.32 Å². The zero-order chi connectivity index (χ0) is 11.5. The van der Waals surface area contributed by atoms with E-state index in [1.54, 1.807) is 7.11 Å². The highest BCUT2D eigenvalue weighted by Gasteiger charge is 2.28. The Morgan fingerprint density at radius 1 is 1.50 bits per heavy atom. The van der Waals surface area contributed by atoms with Gasteiger partial charge in [-0.3, -0.25) is 0 Å². The van der Waals surface area contributed by atoms with Crippen LogP contribution in [0.2, 0.25) is 5.02 Å². The van der Waals surface area contributed by atoms with Gasteiger partial charge in [0.1, 0.15) is 0 Å². The molecule has 16 heavy (non-hydrogen) atoms. The molecule has 4 heteroatoms. The van der Waals surface area contributed by atoms with Gasteiger partial charge in [-0.2, -0.15) is 0 Å². The zero-order valence-electron chi connectivity index (χ0n) is 9.17. The fourth-order valence-corrected chi connectivity index (χ4v) is 2.29. The van der Waals surface area contributed by atoms with Crippen LogP contribution in [0.5, 0.6) is 0 Å². The SMILES string of the molecule is COC1CC(NCc2ccc(Br)c(Cl)c2)C1. The van der Waals surface area contributed by atoms with Crippen LogP contribution in [0.15, 0.2) is 22.7 Å². The first-order valence-electron chi connectivity index (χ1n) is 5.39. The van der Waals surface area contributed by atoms with E-state index in [9.17, 15) is 0 Å². The highest BCUT2D eigenvalue weighted by Crippen LogP contribution is 2.25. The van der Waals surface area contributed by atoms with Gasteiger partial charge in [0, 0.05) is 24.2 Å². The van der Waals surface area contributed by atoms with Gasteiger partial charge in [-0.15, -0.1) is 0 Å². The molecule has 1 fully saturated rings. The number of methoxy groups -OCH3 is 1. The Bertz CT molecular complexity index is 366. The van der Waals surface area contributed by atoms with Crippen LogP contribution >= 0.6 is 27.5 Å². The number of ether oxygens (including phenoxy) is 1. The predicted octanol–water partition coefficient (Wildman–Crippen LogP) is 3.37. The molecule has 0 saturated heterocycles. The third-order valence-electron chi connectivity index (χ3n) is 3.01. The number of hydrogen-bond acceptors (Lipinski definition) is 2. The molecule has 0 radical (unpaired) electrons. The number of halogens is 2. The largest absolute Gasteiger partial charge is 0.381 e. The molecule has 1 aliphatic rings.